The molecule has 0 bridgehead atoms. The molecule has 0 aliphatic carbocycles. The Labute approximate surface area is 119 Å². The molecule has 1 atom stereocenters. The van der Waals surface area contributed by atoms with E-state index in [1.807, 2.05) is 0 Å². The summed E-state index contributed by atoms with van der Waals surface area (Å²) < 4.78 is 38.0. The lowest BCUT2D eigenvalue weighted by Gasteiger charge is -2.33. The summed E-state index contributed by atoms with van der Waals surface area (Å²) in [5, 5.41) is 11.1. The third-order valence-electron chi connectivity index (χ3n) is 3.69. The third-order valence-corrected chi connectivity index (χ3v) is 3.69. The standard InChI is InChI=1S/C13H16F3N3O2/c14-13(15,16)10-3-4-11(12(6-10)19(20)21)18-5-1-2-9(7-17)8-18/h3-4,6,9H,1-2,5,7-8,17H2. The Kier molecular flexibility index (Phi) is 4.36. The van der Waals surface area contributed by atoms with Gasteiger partial charge >= 0.3 is 6.18 Å². The molecule has 1 aromatic rings. The summed E-state index contributed by atoms with van der Waals surface area (Å²) in [5.74, 6) is 0.209. The lowest BCUT2D eigenvalue weighted by molar-refractivity contribution is -0.384. The van der Waals surface area contributed by atoms with Crippen LogP contribution in [0.4, 0.5) is 24.5 Å². The van der Waals surface area contributed by atoms with E-state index in [2.05, 4.69) is 0 Å². The van der Waals surface area contributed by atoms with Crippen molar-refractivity contribution in [1.82, 2.24) is 0 Å². The SMILES string of the molecule is NCC1CCCN(c2ccc(C(F)(F)F)cc2[N+](=O)[O-])C1. The van der Waals surface area contributed by atoms with E-state index in [0.717, 1.165) is 18.9 Å². The van der Waals surface area contributed by atoms with E-state index in [1.54, 1.807) is 4.90 Å². The number of halogens is 3. The first kappa shape index (κ1) is 15.6. The van der Waals surface area contributed by atoms with Gasteiger partial charge in [0.05, 0.1) is 10.5 Å². The smallest absolute Gasteiger partial charge is 0.366 e. The lowest BCUT2D eigenvalue weighted by Crippen LogP contribution is -2.38. The minimum atomic E-state index is -4.59. The number of benzene rings is 1. The summed E-state index contributed by atoms with van der Waals surface area (Å²) in [4.78, 5) is 12.1. The van der Waals surface area contributed by atoms with Crippen molar-refractivity contribution in [2.75, 3.05) is 24.5 Å². The molecule has 1 aromatic carbocycles. The maximum atomic E-state index is 12.7. The Morgan fingerprint density at radius 2 is 2.14 bits per heavy atom. The summed E-state index contributed by atoms with van der Waals surface area (Å²) >= 11 is 0. The van der Waals surface area contributed by atoms with E-state index in [4.69, 9.17) is 5.73 Å². The van der Waals surface area contributed by atoms with Gasteiger partial charge in [0.1, 0.15) is 5.69 Å². The molecule has 8 heteroatoms. The molecule has 2 N–H and O–H groups in total. The van der Waals surface area contributed by atoms with Gasteiger partial charge in [-0.05, 0) is 37.4 Å². The van der Waals surface area contributed by atoms with Crippen LogP contribution in [0.5, 0.6) is 0 Å². The van der Waals surface area contributed by atoms with Crippen LogP contribution in [0.15, 0.2) is 18.2 Å². The lowest BCUT2D eigenvalue weighted by atomic mass is 9.97. The predicted octanol–water partition coefficient (Wildman–Crippen LogP) is 2.79. The Morgan fingerprint density at radius 1 is 1.43 bits per heavy atom. The third kappa shape index (κ3) is 3.44. The second-order valence-electron chi connectivity index (χ2n) is 5.15. The maximum Gasteiger partial charge on any atom is 0.416 e. The van der Waals surface area contributed by atoms with Crippen LogP contribution in [-0.2, 0) is 6.18 Å². The second kappa shape index (κ2) is 5.88. The summed E-state index contributed by atoms with van der Waals surface area (Å²) in [7, 11) is 0. The zero-order valence-electron chi connectivity index (χ0n) is 11.3. The minimum absolute atomic E-state index is 0.209. The second-order valence-corrected chi connectivity index (χ2v) is 5.15. The van der Waals surface area contributed by atoms with Crippen LogP contribution in [0.1, 0.15) is 18.4 Å². The van der Waals surface area contributed by atoms with Crippen molar-refractivity contribution >= 4 is 11.4 Å². The fraction of sp³-hybridized carbons (Fsp3) is 0.538. The van der Waals surface area contributed by atoms with Crippen molar-refractivity contribution in [3.05, 3.63) is 33.9 Å². The number of hydrogen-bond donors (Lipinski definition) is 1. The van der Waals surface area contributed by atoms with Gasteiger partial charge in [0.2, 0.25) is 0 Å². The Morgan fingerprint density at radius 3 is 2.71 bits per heavy atom. The number of piperidine rings is 1. The van der Waals surface area contributed by atoms with E-state index < -0.39 is 22.4 Å². The molecule has 1 saturated heterocycles. The summed E-state index contributed by atoms with van der Waals surface area (Å²) in [6, 6.07) is 2.66. The normalized spacial score (nSPS) is 19.6. The highest BCUT2D eigenvalue weighted by atomic mass is 19.4. The molecule has 0 radical (unpaired) electrons. The molecule has 0 saturated carbocycles. The first-order valence-electron chi connectivity index (χ1n) is 6.63. The summed E-state index contributed by atoms with van der Waals surface area (Å²) in [5.41, 5.74) is 4.32. The van der Waals surface area contributed by atoms with Gasteiger partial charge in [-0.2, -0.15) is 13.2 Å². The van der Waals surface area contributed by atoms with Gasteiger partial charge in [-0.15, -0.1) is 0 Å². The van der Waals surface area contributed by atoms with Crippen LogP contribution in [0.3, 0.4) is 0 Å². The molecule has 21 heavy (non-hydrogen) atoms. The molecule has 1 aliphatic heterocycles. The molecular formula is C13H16F3N3O2. The number of nitro benzene ring substituents is 1. The van der Waals surface area contributed by atoms with Gasteiger partial charge in [0, 0.05) is 19.2 Å². The van der Waals surface area contributed by atoms with Crippen LogP contribution in [-0.4, -0.2) is 24.6 Å². The van der Waals surface area contributed by atoms with E-state index in [1.165, 1.54) is 6.07 Å². The average Bonchev–Trinajstić information content (AvgIpc) is 2.45. The van der Waals surface area contributed by atoms with E-state index in [9.17, 15) is 23.3 Å². The Bertz CT molecular complexity index is 534. The molecule has 0 aromatic heterocycles. The molecular weight excluding hydrogens is 287 g/mol. The van der Waals surface area contributed by atoms with Crippen LogP contribution in [0.2, 0.25) is 0 Å². The van der Waals surface area contributed by atoms with Crippen molar-refractivity contribution in [3.63, 3.8) is 0 Å². The van der Waals surface area contributed by atoms with Crippen molar-refractivity contribution in [2.45, 2.75) is 19.0 Å². The summed E-state index contributed by atoms with van der Waals surface area (Å²) in [6.07, 6.45) is -2.84. The molecule has 1 aliphatic rings. The van der Waals surface area contributed by atoms with Gasteiger partial charge in [-0.1, -0.05) is 0 Å². The molecule has 1 heterocycles. The van der Waals surface area contributed by atoms with Crippen LogP contribution < -0.4 is 10.6 Å². The van der Waals surface area contributed by atoms with Gasteiger partial charge in [-0.25, -0.2) is 0 Å². The molecule has 1 unspecified atom stereocenters. The number of rotatable bonds is 3. The molecule has 0 spiro atoms. The van der Waals surface area contributed by atoms with Crippen LogP contribution in [0, 0.1) is 16.0 Å². The number of nitrogens with two attached hydrogens (primary N) is 1. The monoisotopic (exact) mass is 303 g/mol. The molecule has 5 nitrogen and oxygen atoms in total. The highest BCUT2D eigenvalue weighted by Gasteiger charge is 2.34. The number of alkyl halides is 3. The number of nitrogens with zero attached hydrogens (tertiary/aromatic N) is 2. The van der Waals surface area contributed by atoms with Gasteiger partial charge in [0.25, 0.3) is 5.69 Å². The first-order valence-corrected chi connectivity index (χ1v) is 6.63. The van der Waals surface area contributed by atoms with Gasteiger partial charge in [-0.3, -0.25) is 10.1 Å². The largest absolute Gasteiger partial charge is 0.416 e. The Hall–Kier alpha value is -1.83. The fourth-order valence-electron chi connectivity index (χ4n) is 2.59. The predicted molar refractivity (Wildman–Crippen MR) is 72.1 cm³/mol. The number of hydrogen-bond acceptors (Lipinski definition) is 4. The molecule has 2 rings (SSSR count). The number of nitro groups is 1. The van der Waals surface area contributed by atoms with Gasteiger partial charge in [0.15, 0.2) is 0 Å². The molecule has 0 amide bonds. The van der Waals surface area contributed by atoms with Crippen LogP contribution in [0.25, 0.3) is 0 Å². The van der Waals surface area contributed by atoms with Crippen molar-refractivity contribution in [1.29, 1.82) is 0 Å². The van der Waals surface area contributed by atoms with E-state index in [-0.39, 0.29) is 11.6 Å². The fourth-order valence-corrected chi connectivity index (χ4v) is 2.59. The average molecular weight is 303 g/mol. The minimum Gasteiger partial charge on any atom is -0.366 e. The highest BCUT2D eigenvalue weighted by Crippen LogP contribution is 2.37. The zero-order chi connectivity index (χ0) is 15.6. The molecule has 116 valence electrons. The van der Waals surface area contributed by atoms with E-state index >= 15 is 0 Å². The van der Waals surface area contributed by atoms with Crippen molar-refractivity contribution in [2.24, 2.45) is 11.7 Å². The quantitative estimate of drug-likeness (QED) is 0.688. The van der Waals surface area contributed by atoms with Crippen LogP contribution >= 0.6 is 0 Å². The zero-order valence-corrected chi connectivity index (χ0v) is 11.3. The van der Waals surface area contributed by atoms with Crippen molar-refractivity contribution in [3.8, 4) is 0 Å². The van der Waals surface area contributed by atoms with E-state index in [0.29, 0.717) is 25.7 Å². The molecule has 1 fully saturated rings. The van der Waals surface area contributed by atoms with Crippen molar-refractivity contribution < 1.29 is 18.1 Å². The number of anilines is 1. The van der Waals surface area contributed by atoms with Gasteiger partial charge < -0.3 is 10.6 Å². The Balaban J connectivity index is 2.37. The topological polar surface area (TPSA) is 72.4 Å². The summed E-state index contributed by atoms with van der Waals surface area (Å²) in [6.45, 7) is 1.58. The maximum absolute atomic E-state index is 12.7. The highest BCUT2D eigenvalue weighted by molar-refractivity contribution is 5.65. The first-order chi connectivity index (χ1) is 9.82.